The summed E-state index contributed by atoms with van der Waals surface area (Å²) in [6.07, 6.45) is -0.980. The first-order chi connectivity index (χ1) is 16.9. The molecule has 9 nitrogen and oxygen atoms in total. The first kappa shape index (κ1) is 24.9. The maximum absolute atomic E-state index is 16.0. The van der Waals surface area contributed by atoms with Crippen molar-refractivity contribution in [3.8, 4) is 0 Å². The fourth-order valence-corrected chi connectivity index (χ4v) is 10.4. The Hall–Kier alpha value is -2.73. The first-order valence-corrected chi connectivity index (χ1v) is 13.9. The van der Waals surface area contributed by atoms with E-state index in [0.29, 0.717) is 16.7 Å². The molecule has 3 aromatic rings. The van der Waals surface area contributed by atoms with Crippen LogP contribution in [0, 0.1) is 0 Å². The Labute approximate surface area is 210 Å². The van der Waals surface area contributed by atoms with Gasteiger partial charge in [-0.25, -0.2) is 19.3 Å². The molecule has 0 bridgehead atoms. The second-order valence-electron chi connectivity index (χ2n) is 11.4. The van der Waals surface area contributed by atoms with Gasteiger partial charge in [-0.3, -0.25) is 9.36 Å². The summed E-state index contributed by atoms with van der Waals surface area (Å²) in [5, 5.41) is 2.23. The minimum absolute atomic E-state index is 0.241. The topological polar surface area (TPSA) is 100 Å². The van der Waals surface area contributed by atoms with E-state index in [1.807, 2.05) is 6.07 Å². The van der Waals surface area contributed by atoms with E-state index in [9.17, 15) is 4.79 Å². The number of amides is 1. The number of rotatable bonds is 3. The number of hydrogen-bond acceptors (Lipinski definition) is 7. The number of alkyl halides is 1. The molecule has 2 fully saturated rings. The molecule has 5 rings (SSSR count). The molecule has 2 aromatic heterocycles. The fourth-order valence-electron chi connectivity index (χ4n) is 5.43. The Balaban J connectivity index is 1.43. The van der Waals surface area contributed by atoms with Crippen LogP contribution in [0.3, 0.4) is 0 Å². The molecule has 1 amide bonds. The number of imidazole rings is 1. The lowest BCUT2D eigenvalue weighted by Crippen LogP contribution is -2.65. The van der Waals surface area contributed by atoms with Crippen molar-refractivity contribution < 1.29 is 22.8 Å². The Bertz CT molecular complexity index is 1260. The minimum Gasteiger partial charge on any atom is -0.391 e. The van der Waals surface area contributed by atoms with Crippen LogP contribution < -0.4 is 5.32 Å². The zero-order chi connectivity index (χ0) is 25.9. The van der Waals surface area contributed by atoms with Crippen molar-refractivity contribution in [1.82, 2.24) is 19.5 Å². The van der Waals surface area contributed by atoms with Gasteiger partial charge in [0.2, 0.25) is 0 Å². The summed E-state index contributed by atoms with van der Waals surface area (Å²) in [7, 11) is -2.86. The monoisotopic (exact) mass is 513 g/mol. The Kier molecular flexibility index (Phi) is 6.02. The normalized spacial score (nSPS) is 26.1. The summed E-state index contributed by atoms with van der Waals surface area (Å²) in [5.74, 6) is -0.0854. The molecule has 2 aliphatic heterocycles. The standard InChI is InChI=1S/C25H32FN5O4Si/c1-24(2,3)36(25(4,5)6)33-12-16-19(35-36)17(26)23(34-16)31-14-29-18-20(27-13-28-21(18)31)30-22(32)15-10-8-7-9-11-15/h7-11,13-14,16-17,19,23H,12H2,1-6H3,(H,27,28,30,32)/t16-,17+,19?,23-/m1/s1. The summed E-state index contributed by atoms with van der Waals surface area (Å²) < 4.78 is 36.7. The summed E-state index contributed by atoms with van der Waals surface area (Å²) in [4.78, 5) is 25.5. The number of carbonyl (C=O) groups excluding carboxylic acids is 1. The molecule has 192 valence electrons. The highest BCUT2D eigenvalue weighted by atomic mass is 28.4. The fraction of sp³-hybridized carbons (Fsp3) is 0.520. The largest absolute Gasteiger partial charge is 0.391 e. The lowest BCUT2D eigenvalue weighted by atomic mass is 10.1. The van der Waals surface area contributed by atoms with E-state index in [1.54, 1.807) is 28.8 Å². The van der Waals surface area contributed by atoms with Gasteiger partial charge in [-0.15, -0.1) is 0 Å². The lowest BCUT2D eigenvalue weighted by molar-refractivity contribution is -0.0794. The van der Waals surface area contributed by atoms with Crippen LogP contribution in [-0.4, -0.2) is 59.0 Å². The molecule has 0 saturated carbocycles. The number of anilines is 1. The number of nitrogens with zero attached hydrogens (tertiary/aromatic N) is 4. The van der Waals surface area contributed by atoms with Crippen LogP contribution in [0.1, 0.15) is 58.1 Å². The number of benzene rings is 1. The number of hydrogen-bond donors (Lipinski definition) is 1. The second-order valence-corrected chi connectivity index (χ2v) is 16.1. The van der Waals surface area contributed by atoms with E-state index in [1.165, 1.54) is 12.7 Å². The van der Waals surface area contributed by atoms with Gasteiger partial charge in [0.15, 0.2) is 29.4 Å². The van der Waals surface area contributed by atoms with Crippen LogP contribution >= 0.6 is 0 Å². The molecule has 2 saturated heterocycles. The third-order valence-corrected chi connectivity index (χ3v) is 12.0. The Morgan fingerprint density at radius 3 is 2.44 bits per heavy atom. The highest BCUT2D eigenvalue weighted by molar-refractivity contribution is 6.73. The van der Waals surface area contributed by atoms with Gasteiger partial charge in [-0.2, -0.15) is 0 Å². The van der Waals surface area contributed by atoms with Gasteiger partial charge in [-0.1, -0.05) is 59.7 Å². The van der Waals surface area contributed by atoms with E-state index in [4.69, 9.17) is 13.6 Å². The van der Waals surface area contributed by atoms with Crippen molar-refractivity contribution in [3.05, 3.63) is 48.5 Å². The van der Waals surface area contributed by atoms with Crippen molar-refractivity contribution in [3.63, 3.8) is 0 Å². The Morgan fingerprint density at radius 2 is 1.78 bits per heavy atom. The van der Waals surface area contributed by atoms with Crippen molar-refractivity contribution in [2.75, 3.05) is 11.9 Å². The van der Waals surface area contributed by atoms with Crippen molar-refractivity contribution in [1.29, 1.82) is 0 Å². The Morgan fingerprint density at radius 1 is 1.08 bits per heavy atom. The molecular weight excluding hydrogens is 481 g/mol. The molecular formula is C25H32FN5O4Si. The van der Waals surface area contributed by atoms with Gasteiger partial charge in [0, 0.05) is 15.6 Å². The number of aromatic nitrogens is 4. The second kappa shape index (κ2) is 8.68. The molecule has 1 N–H and O–H groups in total. The van der Waals surface area contributed by atoms with Gasteiger partial charge in [-0.05, 0) is 12.1 Å². The molecule has 4 atom stereocenters. The number of nitrogens with one attached hydrogen (secondary N) is 1. The first-order valence-electron chi connectivity index (χ1n) is 12.1. The predicted octanol–water partition coefficient (Wildman–Crippen LogP) is 4.77. The highest BCUT2D eigenvalue weighted by Gasteiger charge is 2.65. The van der Waals surface area contributed by atoms with Crippen LogP contribution in [0.4, 0.5) is 10.2 Å². The smallest absolute Gasteiger partial charge is 0.349 e. The van der Waals surface area contributed by atoms with E-state index < -0.39 is 33.2 Å². The zero-order valence-corrected chi connectivity index (χ0v) is 22.4. The molecule has 0 aliphatic carbocycles. The molecule has 1 unspecified atom stereocenters. The lowest BCUT2D eigenvalue weighted by Gasteiger charge is -2.53. The quantitative estimate of drug-likeness (QED) is 0.504. The SMILES string of the molecule is CC(C)(C)[Si]1(C(C)(C)C)OC[C@H]2O[C@@H](n3cnc4c(NC(=O)c5ccccc5)ncnc43)[C@@H](F)C2O1. The van der Waals surface area contributed by atoms with Crippen LogP contribution in [0.15, 0.2) is 43.0 Å². The van der Waals surface area contributed by atoms with Gasteiger partial charge >= 0.3 is 8.56 Å². The van der Waals surface area contributed by atoms with Crippen LogP contribution in [-0.2, 0) is 13.6 Å². The predicted molar refractivity (Wildman–Crippen MR) is 135 cm³/mol. The summed E-state index contributed by atoms with van der Waals surface area (Å²) in [6.45, 7) is 12.8. The number of carbonyl (C=O) groups is 1. The minimum atomic E-state index is -2.86. The maximum atomic E-state index is 16.0. The molecule has 1 aromatic carbocycles. The van der Waals surface area contributed by atoms with Crippen LogP contribution in [0.2, 0.25) is 10.1 Å². The van der Waals surface area contributed by atoms with Crippen molar-refractivity contribution >= 4 is 31.4 Å². The third kappa shape index (κ3) is 3.94. The molecule has 2 aliphatic rings. The average molecular weight is 514 g/mol. The van der Waals surface area contributed by atoms with Gasteiger partial charge in [0.25, 0.3) is 5.91 Å². The van der Waals surface area contributed by atoms with Crippen molar-refractivity contribution in [2.24, 2.45) is 0 Å². The van der Waals surface area contributed by atoms with E-state index in [0.717, 1.165) is 0 Å². The molecule has 0 spiro atoms. The zero-order valence-electron chi connectivity index (χ0n) is 21.4. The van der Waals surface area contributed by atoms with Crippen LogP contribution in [0.5, 0.6) is 0 Å². The number of ether oxygens (including phenoxy) is 1. The van der Waals surface area contributed by atoms with Crippen molar-refractivity contribution in [2.45, 2.75) is 76.2 Å². The third-order valence-electron chi connectivity index (χ3n) is 6.90. The number of halogens is 1. The summed E-state index contributed by atoms with van der Waals surface area (Å²) >= 11 is 0. The van der Waals surface area contributed by atoms with Gasteiger partial charge in [0.05, 0.1) is 12.9 Å². The molecule has 0 radical (unpaired) electrons. The van der Waals surface area contributed by atoms with E-state index >= 15 is 4.39 Å². The van der Waals surface area contributed by atoms with E-state index in [2.05, 4.69) is 61.8 Å². The number of fused-ring (bicyclic) bond motifs is 2. The van der Waals surface area contributed by atoms with Gasteiger partial charge in [0.1, 0.15) is 18.5 Å². The molecule has 36 heavy (non-hydrogen) atoms. The van der Waals surface area contributed by atoms with Gasteiger partial charge < -0.3 is 18.9 Å². The van der Waals surface area contributed by atoms with Crippen LogP contribution in [0.25, 0.3) is 11.2 Å². The summed E-state index contributed by atoms with van der Waals surface area (Å²) in [6, 6.07) is 8.79. The summed E-state index contributed by atoms with van der Waals surface area (Å²) in [5.41, 5.74) is 1.19. The highest BCUT2D eigenvalue weighted by Crippen LogP contribution is 2.56. The van der Waals surface area contributed by atoms with E-state index in [-0.39, 0.29) is 28.4 Å². The molecule has 4 heterocycles. The average Bonchev–Trinajstić information content (AvgIpc) is 3.39. The molecule has 11 heteroatoms. The maximum Gasteiger partial charge on any atom is 0.349 e.